The first-order valence-electron chi connectivity index (χ1n) is 8.32. The molecule has 6 nitrogen and oxygen atoms in total. The number of amides is 2. The van der Waals surface area contributed by atoms with Crippen LogP contribution in [0.4, 0.5) is 5.69 Å². The summed E-state index contributed by atoms with van der Waals surface area (Å²) in [6.45, 7) is 3.95. The highest BCUT2D eigenvalue weighted by atomic mass is 32.1. The van der Waals surface area contributed by atoms with Crippen molar-refractivity contribution in [3.63, 3.8) is 0 Å². The van der Waals surface area contributed by atoms with Crippen molar-refractivity contribution < 1.29 is 19.5 Å². The topological polar surface area (TPSA) is 95.5 Å². The molecule has 1 aromatic heterocycles. The molecule has 2 aromatic rings. The molecule has 0 saturated carbocycles. The molecule has 3 N–H and O–H groups in total. The number of carboxylic acid groups (broad SMARTS) is 1. The lowest BCUT2D eigenvalue weighted by molar-refractivity contribution is -0.142. The highest BCUT2D eigenvalue weighted by molar-refractivity contribution is 7.12. The van der Waals surface area contributed by atoms with Gasteiger partial charge in [0.25, 0.3) is 11.8 Å². The quantitative estimate of drug-likeness (QED) is 0.659. The number of anilines is 1. The van der Waals surface area contributed by atoms with E-state index in [2.05, 4.69) is 10.6 Å². The maximum atomic E-state index is 12.3. The van der Waals surface area contributed by atoms with Gasteiger partial charge in [-0.1, -0.05) is 26.0 Å². The van der Waals surface area contributed by atoms with Crippen molar-refractivity contribution in [3.8, 4) is 0 Å². The Balaban J connectivity index is 1.98. The fourth-order valence-electron chi connectivity index (χ4n) is 2.50. The lowest BCUT2D eigenvalue weighted by Gasteiger charge is -2.15. The predicted molar refractivity (Wildman–Crippen MR) is 102 cm³/mol. The van der Waals surface area contributed by atoms with Gasteiger partial charge in [0.1, 0.15) is 0 Å². The van der Waals surface area contributed by atoms with Gasteiger partial charge >= 0.3 is 5.97 Å². The summed E-state index contributed by atoms with van der Waals surface area (Å²) in [5.74, 6) is -1.92. The molecule has 1 unspecified atom stereocenters. The van der Waals surface area contributed by atoms with Gasteiger partial charge in [-0.3, -0.25) is 14.4 Å². The Labute approximate surface area is 156 Å². The second kappa shape index (κ2) is 9.15. The summed E-state index contributed by atoms with van der Waals surface area (Å²) in [6.07, 6.45) is 0.493. The second-order valence-corrected chi connectivity index (χ2v) is 7.33. The molecule has 2 rings (SSSR count). The van der Waals surface area contributed by atoms with Crippen molar-refractivity contribution in [2.45, 2.75) is 20.3 Å². The molecule has 1 atom stereocenters. The average molecular weight is 374 g/mol. The van der Waals surface area contributed by atoms with E-state index in [1.807, 2.05) is 19.2 Å². The van der Waals surface area contributed by atoms with Crippen LogP contribution in [0.3, 0.4) is 0 Å². The van der Waals surface area contributed by atoms with Gasteiger partial charge in [0.05, 0.1) is 10.8 Å². The summed E-state index contributed by atoms with van der Waals surface area (Å²) in [4.78, 5) is 36.2. The van der Waals surface area contributed by atoms with E-state index < -0.39 is 11.9 Å². The van der Waals surface area contributed by atoms with Crippen molar-refractivity contribution in [2.75, 3.05) is 11.9 Å². The van der Waals surface area contributed by atoms with Crippen molar-refractivity contribution in [3.05, 3.63) is 52.2 Å². The molecule has 0 radical (unpaired) electrons. The zero-order valence-electron chi connectivity index (χ0n) is 14.7. The summed E-state index contributed by atoms with van der Waals surface area (Å²) in [5, 5.41) is 16.5. The van der Waals surface area contributed by atoms with E-state index in [4.69, 9.17) is 0 Å². The molecule has 0 aliphatic heterocycles. The monoisotopic (exact) mass is 374 g/mol. The fourth-order valence-corrected chi connectivity index (χ4v) is 3.12. The minimum atomic E-state index is -0.920. The maximum Gasteiger partial charge on any atom is 0.308 e. The van der Waals surface area contributed by atoms with Crippen LogP contribution in [0.2, 0.25) is 0 Å². The highest BCUT2D eigenvalue weighted by Gasteiger charge is 2.20. The van der Waals surface area contributed by atoms with Crippen LogP contribution in [0.1, 0.15) is 40.3 Å². The zero-order chi connectivity index (χ0) is 19.1. The lowest BCUT2D eigenvalue weighted by Crippen LogP contribution is -2.33. The molecule has 26 heavy (non-hydrogen) atoms. The molecule has 2 amide bonds. The van der Waals surface area contributed by atoms with Crippen LogP contribution in [0.5, 0.6) is 0 Å². The number of carbonyl (C=O) groups excluding carboxylic acids is 2. The minimum Gasteiger partial charge on any atom is -0.481 e. The molecule has 138 valence electrons. The van der Waals surface area contributed by atoms with Crippen molar-refractivity contribution >= 4 is 34.8 Å². The fraction of sp³-hybridized carbons (Fsp3) is 0.316. The predicted octanol–water partition coefficient (Wildman–Crippen LogP) is 3.48. The molecular formula is C19H22N2O4S. The first-order valence-corrected chi connectivity index (χ1v) is 9.20. The van der Waals surface area contributed by atoms with E-state index in [0.717, 1.165) is 0 Å². The number of benzene rings is 1. The molecule has 0 bridgehead atoms. The number of carboxylic acids is 1. The third kappa shape index (κ3) is 5.70. The summed E-state index contributed by atoms with van der Waals surface area (Å²) in [6, 6.07) is 10.1. The van der Waals surface area contributed by atoms with Crippen LogP contribution < -0.4 is 10.6 Å². The molecule has 0 saturated heterocycles. The van der Waals surface area contributed by atoms with Crippen LogP contribution in [0, 0.1) is 11.8 Å². The van der Waals surface area contributed by atoms with E-state index >= 15 is 0 Å². The van der Waals surface area contributed by atoms with E-state index in [0.29, 0.717) is 22.5 Å². The molecule has 0 aliphatic carbocycles. The van der Waals surface area contributed by atoms with Crippen molar-refractivity contribution in [2.24, 2.45) is 11.8 Å². The first-order chi connectivity index (χ1) is 12.4. The Morgan fingerprint density at radius 2 is 1.88 bits per heavy atom. The van der Waals surface area contributed by atoms with E-state index in [9.17, 15) is 19.5 Å². The molecule has 1 heterocycles. The maximum absolute atomic E-state index is 12.3. The molecule has 1 aromatic carbocycles. The van der Waals surface area contributed by atoms with Crippen molar-refractivity contribution in [1.82, 2.24) is 5.32 Å². The largest absolute Gasteiger partial charge is 0.481 e. The number of carbonyl (C=O) groups is 3. The molecule has 7 heteroatoms. The molecule has 0 aliphatic rings. The van der Waals surface area contributed by atoms with E-state index in [1.165, 1.54) is 11.3 Å². The number of nitrogens with one attached hydrogen (secondary N) is 2. The van der Waals surface area contributed by atoms with E-state index in [1.54, 1.807) is 36.4 Å². The number of thiophene rings is 1. The number of hydrogen-bond donors (Lipinski definition) is 3. The van der Waals surface area contributed by atoms with Crippen LogP contribution in [0.25, 0.3) is 0 Å². The smallest absolute Gasteiger partial charge is 0.308 e. The number of aliphatic carboxylic acids is 1. The summed E-state index contributed by atoms with van der Waals surface area (Å²) < 4.78 is 0. The number of hydrogen-bond acceptors (Lipinski definition) is 4. The summed E-state index contributed by atoms with van der Waals surface area (Å²) in [5.41, 5.74) is 0.871. The van der Waals surface area contributed by atoms with Gasteiger partial charge < -0.3 is 15.7 Å². The third-order valence-corrected chi connectivity index (χ3v) is 4.61. The van der Waals surface area contributed by atoms with Gasteiger partial charge in [-0.15, -0.1) is 11.3 Å². The molecule has 0 fully saturated rings. The molecular weight excluding hydrogens is 352 g/mol. The van der Waals surface area contributed by atoms with Gasteiger partial charge in [0.2, 0.25) is 0 Å². The van der Waals surface area contributed by atoms with Gasteiger partial charge in [-0.2, -0.15) is 0 Å². The Hall–Kier alpha value is -2.67. The molecule has 0 spiro atoms. The van der Waals surface area contributed by atoms with Crippen LogP contribution in [0.15, 0.2) is 41.8 Å². The summed E-state index contributed by atoms with van der Waals surface area (Å²) >= 11 is 1.33. The normalized spacial score (nSPS) is 11.8. The standard InChI is InChI=1S/C19H22N2O4S/c1-12(2)9-14(19(24)25)11-20-17(22)13-5-3-6-15(10-13)21-18(23)16-7-4-8-26-16/h3-8,10,12,14H,9,11H2,1-2H3,(H,20,22)(H,21,23)(H,24,25). The van der Waals surface area contributed by atoms with Crippen LogP contribution in [-0.2, 0) is 4.79 Å². The third-order valence-electron chi connectivity index (χ3n) is 3.74. The van der Waals surface area contributed by atoms with Gasteiger partial charge in [0, 0.05) is 17.8 Å². The van der Waals surface area contributed by atoms with Gasteiger partial charge in [-0.25, -0.2) is 0 Å². The van der Waals surface area contributed by atoms with Crippen LogP contribution in [-0.4, -0.2) is 29.4 Å². The van der Waals surface area contributed by atoms with E-state index in [-0.39, 0.29) is 24.3 Å². The van der Waals surface area contributed by atoms with Crippen LogP contribution >= 0.6 is 11.3 Å². The van der Waals surface area contributed by atoms with Crippen molar-refractivity contribution in [1.29, 1.82) is 0 Å². The Morgan fingerprint density at radius 1 is 1.12 bits per heavy atom. The van der Waals surface area contributed by atoms with Gasteiger partial charge in [0.15, 0.2) is 0 Å². The summed E-state index contributed by atoms with van der Waals surface area (Å²) in [7, 11) is 0. The second-order valence-electron chi connectivity index (χ2n) is 6.39. The average Bonchev–Trinajstić information content (AvgIpc) is 3.12. The Bertz CT molecular complexity index is 772. The lowest BCUT2D eigenvalue weighted by atomic mass is 9.97. The zero-order valence-corrected chi connectivity index (χ0v) is 15.5. The highest BCUT2D eigenvalue weighted by Crippen LogP contribution is 2.16. The Kier molecular flexibility index (Phi) is 6.91. The first kappa shape index (κ1) is 19.7. The minimum absolute atomic E-state index is 0.0676. The van der Waals surface area contributed by atoms with Gasteiger partial charge in [-0.05, 0) is 42.0 Å². The Morgan fingerprint density at radius 3 is 2.50 bits per heavy atom. The SMILES string of the molecule is CC(C)CC(CNC(=O)c1cccc(NC(=O)c2cccs2)c1)C(=O)O. The number of rotatable bonds is 8.